The zero-order chi connectivity index (χ0) is 25.7. The van der Waals surface area contributed by atoms with Crippen LogP contribution in [0.4, 0.5) is 5.69 Å². The van der Waals surface area contributed by atoms with E-state index < -0.39 is 10.1 Å². The Labute approximate surface area is 212 Å². The molecule has 1 heterocycles. The number of nitrogens with zero attached hydrogens (tertiary/aromatic N) is 2. The highest BCUT2D eigenvalue weighted by Gasteiger charge is 2.22. The van der Waals surface area contributed by atoms with Crippen LogP contribution in [0, 0.1) is 6.92 Å². The maximum absolute atomic E-state index is 12.8. The van der Waals surface area contributed by atoms with Crippen molar-refractivity contribution in [1.29, 1.82) is 0 Å². The van der Waals surface area contributed by atoms with Gasteiger partial charge in [0.25, 0.3) is 0 Å². The summed E-state index contributed by atoms with van der Waals surface area (Å²) in [6.45, 7) is 4.46. The normalized spacial score (nSPS) is 13.9. The van der Waals surface area contributed by atoms with Crippen LogP contribution in [0.15, 0.2) is 71.6 Å². The van der Waals surface area contributed by atoms with Crippen LogP contribution in [-0.4, -0.2) is 59.6 Å². The number of rotatable bonds is 8. The zero-order valence-corrected chi connectivity index (χ0v) is 21.5. The van der Waals surface area contributed by atoms with E-state index in [1.807, 2.05) is 36.1 Å². The molecule has 4 rings (SSSR count). The van der Waals surface area contributed by atoms with Crippen molar-refractivity contribution in [3.05, 3.63) is 77.9 Å². The molecular weight excluding hydrogens is 480 g/mol. The van der Waals surface area contributed by atoms with Crippen LogP contribution in [0.25, 0.3) is 0 Å². The molecule has 0 radical (unpaired) electrons. The third-order valence-electron chi connectivity index (χ3n) is 6.15. The smallest absolute Gasteiger partial charge is 0.339 e. The van der Waals surface area contributed by atoms with Crippen LogP contribution in [0.2, 0.25) is 0 Å². The molecule has 190 valence electrons. The van der Waals surface area contributed by atoms with Gasteiger partial charge in [-0.15, -0.1) is 0 Å². The minimum Gasteiger partial charge on any atom is -0.493 e. The van der Waals surface area contributed by atoms with E-state index in [0.29, 0.717) is 44.1 Å². The molecule has 1 aliphatic rings. The van der Waals surface area contributed by atoms with Gasteiger partial charge in [0.05, 0.1) is 20.6 Å². The fraction of sp³-hybridized carbons (Fsp3) is 0.296. The van der Waals surface area contributed by atoms with E-state index in [-0.39, 0.29) is 16.6 Å². The average Bonchev–Trinajstić information content (AvgIpc) is 2.89. The van der Waals surface area contributed by atoms with Gasteiger partial charge in [0, 0.05) is 31.9 Å². The number of anilines is 1. The summed E-state index contributed by atoms with van der Waals surface area (Å²) >= 11 is 0. The van der Waals surface area contributed by atoms with Crippen molar-refractivity contribution in [3.63, 3.8) is 0 Å². The number of methoxy groups -OCH3 is 2. The molecule has 3 aromatic rings. The Morgan fingerprint density at radius 1 is 0.833 bits per heavy atom. The van der Waals surface area contributed by atoms with Crippen LogP contribution in [0.3, 0.4) is 0 Å². The first-order valence-corrected chi connectivity index (χ1v) is 13.0. The Kier molecular flexibility index (Phi) is 7.69. The van der Waals surface area contributed by atoms with Crippen LogP contribution in [0.5, 0.6) is 17.2 Å². The topological polar surface area (TPSA) is 85.4 Å². The molecule has 1 fully saturated rings. The fourth-order valence-corrected chi connectivity index (χ4v) is 5.01. The predicted molar refractivity (Wildman–Crippen MR) is 137 cm³/mol. The van der Waals surface area contributed by atoms with Gasteiger partial charge in [-0.2, -0.15) is 8.42 Å². The Hall–Kier alpha value is -3.72. The van der Waals surface area contributed by atoms with Crippen molar-refractivity contribution in [2.24, 2.45) is 0 Å². The second kappa shape index (κ2) is 10.9. The van der Waals surface area contributed by atoms with Crippen LogP contribution in [-0.2, 0) is 21.3 Å². The van der Waals surface area contributed by atoms with Gasteiger partial charge >= 0.3 is 10.1 Å². The van der Waals surface area contributed by atoms with Gasteiger partial charge in [-0.1, -0.05) is 23.8 Å². The van der Waals surface area contributed by atoms with Gasteiger partial charge in [0.1, 0.15) is 10.6 Å². The number of aryl methyl sites for hydroxylation is 1. The number of carbonyl (C=O) groups is 1. The first-order valence-electron chi connectivity index (χ1n) is 11.6. The van der Waals surface area contributed by atoms with E-state index in [2.05, 4.69) is 4.90 Å². The molecule has 0 N–H and O–H groups in total. The lowest BCUT2D eigenvalue weighted by Gasteiger charge is -2.36. The van der Waals surface area contributed by atoms with Gasteiger partial charge in [-0.3, -0.25) is 4.79 Å². The average molecular weight is 511 g/mol. The summed E-state index contributed by atoms with van der Waals surface area (Å²) < 4.78 is 40.9. The lowest BCUT2D eigenvalue weighted by molar-refractivity contribution is -0.130. The highest BCUT2D eigenvalue weighted by atomic mass is 32.2. The Morgan fingerprint density at radius 2 is 1.47 bits per heavy atom. The Morgan fingerprint density at radius 3 is 2.08 bits per heavy atom. The molecule has 0 unspecified atom stereocenters. The number of hydrogen-bond donors (Lipinski definition) is 0. The van der Waals surface area contributed by atoms with Crippen LogP contribution in [0.1, 0.15) is 11.1 Å². The monoisotopic (exact) mass is 510 g/mol. The van der Waals surface area contributed by atoms with Crippen molar-refractivity contribution in [2.75, 3.05) is 45.3 Å². The number of ether oxygens (including phenoxy) is 2. The maximum Gasteiger partial charge on any atom is 0.339 e. The number of benzene rings is 3. The van der Waals surface area contributed by atoms with Crippen molar-refractivity contribution in [3.8, 4) is 17.2 Å². The van der Waals surface area contributed by atoms with Gasteiger partial charge in [-0.25, -0.2) is 0 Å². The van der Waals surface area contributed by atoms with Gasteiger partial charge < -0.3 is 23.5 Å². The van der Waals surface area contributed by atoms with Gasteiger partial charge in [0.2, 0.25) is 5.91 Å². The highest BCUT2D eigenvalue weighted by Crippen LogP contribution is 2.28. The van der Waals surface area contributed by atoms with E-state index in [9.17, 15) is 13.2 Å². The van der Waals surface area contributed by atoms with Crippen LogP contribution >= 0.6 is 0 Å². The maximum atomic E-state index is 12.8. The SMILES string of the molecule is COc1ccc(CC(=O)N2CCN(c3ccc(OS(=O)(=O)c4ccc(C)cc4)cc3)CC2)cc1OC. The predicted octanol–water partition coefficient (Wildman–Crippen LogP) is 3.67. The summed E-state index contributed by atoms with van der Waals surface area (Å²) in [5.41, 5.74) is 2.79. The third kappa shape index (κ3) is 5.91. The van der Waals surface area contributed by atoms with Crippen LogP contribution < -0.4 is 18.6 Å². The molecule has 1 aliphatic heterocycles. The summed E-state index contributed by atoms with van der Waals surface area (Å²) in [5, 5.41) is 0. The molecular formula is C27H30N2O6S. The molecule has 0 spiro atoms. The van der Waals surface area contributed by atoms with E-state index in [4.69, 9.17) is 13.7 Å². The lowest BCUT2D eigenvalue weighted by atomic mass is 10.1. The fourth-order valence-electron chi connectivity index (χ4n) is 4.08. The Balaban J connectivity index is 1.32. The molecule has 8 nitrogen and oxygen atoms in total. The first-order chi connectivity index (χ1) is 17.3. The largest absolute Gasteiger partial charge is 0.493 e. The van der Waals surface area contributed by atoms with Crippen molar-refractivity contribution < 1.29 is 26.9 Å². The van der Waals surface area contributed by atoms with Gasteiger partial charge in [-0.05, 0) is 61.0 Å². The summed E-state index contributed by atoms with van der Waals surface area (Å²) in [5.74, 6) is 1.55. The molecule has 1 saturated heterocycles. The number of piperazine rings is 1. The summed E-state index contributed by atoms with van der Waals surface area (Å²) in [6, 6.07) is 19.0. The summed E-state index contributed by atoms with van der Waals surface area (Å²) in [7, 11) is -0.738. The third-order valence-corrected chi connectivity index (χ3v) is 7.41. The molecule has 0 bridgehead atoms. The molecule has 1 amide bonds. The molecule has 0 atom stereocenters. The lowest BCUT2D eigenvalue weighted by Crippen LogP contribution is -2.49. The Bertz CT molecular complexity index is 1300. The zero-order valence-electron chi connectivity index (χ0n) is 20.6. The molecule has 36 heavy (non-hydrogen) atoms. The number of carbonyl (C=O) groups excluding carboxylic acids is 1. The highest BCUT2D eigenvalue weighted by molar-refractivity contribution is 7.87. The quantitative estimate of drug-likeness (QED) is 0.428. The minimum absolute atomic E-state index is 0.0620. The van der Waals surface area contributed by atoms with Crippen molar-refractivity contribution >= 4 is 21.7 Å². The molecule has 0 aliphatic carbocycles. The van der Waals surface area contributed by atoms with E-state index >= 15 is 0 Å². The van der Waals surface area contributed by atoms with Gasteiger partial charge in [0.15, 0.2) is 11.5 Å². The van der Waals surface area contributed by atoms with E-state index in [1.54, 1.807) is 44.6 Å². The van der Waals surface area contributed by atoms with E-state index in [0.717, 1.165) is 16.8 Å². The molecule has 0 saturated carbocycles. The second-order valence-electron chi connectivity index (χ2n) is 8.58. The molecule has 0 aromatic heterocycles. The summed E-state index contributed by atoms with van der Waals surface area (Å²) in [6.07, 6.45) is 0.293. The summed E-state index contributed by atoms with van der Waals surface area (Å²) in [4.78, 5) is 17.0. The molecule has 3 aromatic carbocycles. The minimum atomic E-state index is -3.89. The first kappa shape index (κ1) is 25.4. The van der Waals surface area contributed by atoms with Crippen molar-refractivity contribution in [1.82, 2.24) is 4.90 Å². The van der Waals surface area contributed by atoms with Crippen molar-refractivity contribution in [2.45, 2.75) is 18.2 Å². The van der Waals surface area contributed by atoms with E-state index in [1.165, 1.54) is 12.1 Å². The number of amides is 1. The second-order valence-corrected chi connectivity index (χ2v) is 10.1. The number of hydrogen-bond acceptors (Lipinski definition) is 7. The standard InChI is InChI=1S/C27H30N2O6S/c1-20-4-11-24(12-5-20)36(31,32)35-23-9-7-22(8-10-23)28-14-16-29(17-15-28)27(30)19-21-6-13-25(33-2)26(18-21)34-3/h4-13,18H,14-17,19H2,1-3H3. The molecule has 9 heteroatoms.